The van der Waals surface area contributed by atoms with Gasteiger partial charge in [0.05, 0.1) is 12.5 Å². The van der Waals surface area contributed by atoms with Gasteiger partial charge in [0.1, 0.15) is 6.10 Å². The minimum absolute atomic E-state index is 0.00441. The Morgan fingerprint density at radius 1 is 1.38 bits per heavy atom. The third-order valence-corrected chi connectivity index (χ3v) is 9.25. The van der Waals surface area contributed by atoms with Gasteiger partial charge in [0.2, 0.25) is 0 Å². The first-order chi connectivity index (χ1) is 9.55. The maximum absolute atomic E-state index is 11.5. The van der Waals surface area contributed by atoms with Crippen molar-refractivity contribution in [2.75, 3.05) is 13.7 Å². The highest BCUT2D eigenvalue weighted by Gasteiger charge is 2.37. The van der Waals surface area contributed by atoms with Crippen LogP contribution in [-0.2, 0) is 18.7 Å². The van der Waals surface area contributed by atoms with Crippen LogP contribution in [0.15, 0.2) is 0 Å². The smallest absolute Gasteiger partial charge is 0.308 e. The molecule has 5 heteroatoms. The number of hydrogen-bond acceptors (Lipinski definition) is 4. The van der Waals surface area contributed by atoms with E-state index in [9.17, 15) is 4.79 Å². The highest BCUT2D eigenvalue weighted by atomic mass is 28.4. The minimum atomic E-state index is -1.70. The van der Waals surface area contributed by atoms with Crippen molar-refractivity contribution in [3.05, 3.63) is 0 Å². The zero-order valence-electron chi connectivity index (χ0n) is 14.7. The molecular weight excluding hydrogens is 284 g/mol. The van der Waals surface area contributed by atoms with E-state index in [0.717, 1.165) is 19.4 Å². The van der Waals surface area contributed by atoms with Crippen LogP contribution in [0.5, 0.6) is 0 Å². The molecule has 21 heavy (non-hydrogen) atoms. The number of hydrogen-bond donors (Lipinski definition) is 0. The molecule has 4 nitrogen and oxygen atoms in total. The lowest BCUT2D eigenvalue weighted by Gasteiger charge is -2.37. The summed E-state index contributed by atoms with van der Waals surface area (Å²) in [5, 5.41) is 0.227. The van der Waals surface area contributed by atoms with Gasteiger partial charge >= 0.3 is 5.97 Å². The fourth-order valence-electron chi connectivity index (χ4n) is 2.25. The van der Waals surface area contributed by atoms with Crippen molar-refractivity contribution in [1.82, 2.24) is 0 Å². The molecule has 124 valence electrons. The van der Waals surface area contributed by atoms with Gasteiger partial charge in [-0.05, 0) is 30.5 Å². The summed E-state index contributed by atoms with van der Waals surface area (Å²) in [6, 6.07) is 0. The maximum atomic E-state index is 11.5. The van der Waals surface area contributed by atoms with Crippen LogP contribution < -0.4 is 0 Å². The van der Waals surface area contributed by atoms with Crippen LogP contribution in [0.4, 0.5) is 0 Å². The topological polar surface area (TPSA) is 44.8 Å². The molecule has 0 amide bonds. The Bertz CT molecular complexity index is 349. The van der Waals surface area contributed by atoms with Crippen LogP contribution in [0.25, 0.3) is 0 Å². The molecule has 1 aliphatic heterocycles. The Morgan fingerprint density at radius 3 is 2.52 bits per heavy atom. The molecule has 0 aromatic rings. The molecule has 0 aromatic heterocycles. The van der Waals surface area contributed by atoms with Crippen LogP contribution in [0.1, 0.15) is 47.0 Å². The first kappa shape index (κ1) is 18.7. The normalized spacial score (nSPS) is 25.6. The van der Waals surface area contributed by atoms with Crippen LogP contribution in [0.2, 0.25) is 18.1 Å². The predicted molar refractivity (Wildman–Crippen MR) is 86.8 cm³/mol. The summed E-state index contributed by atoms with van der Waals surface area (Å²) in [5.74, 6) is 0.239. The quantitative estimate of drug-likeness (QED) is 0.553. The Morgan fingerprint density at radius 2 is 2.00 bits per heavy atom. The highest BCUT2D eigenvalue weighted by molar-refractivity contribution is 6.74. The van der Waals surface area contributed by atoms with Crippen LogP contribution in [0.3, 0.4) is 0 Å². The molecule has 0 aliphatic carbocycles. The number of rotatable bonds is 6. The summed E-state index contributed by atoms with van der Waals surface area (Å²) in [6.45, 7) is 14.2. The third kappa shape index (κ3) is 5.72. The molecule has 0 N–H and O–H groups in total. The van der Waals surface area contributed by atoms with Gasteiger partial charge in [-0.25, -0.2) is 0 Å². The van der Waals surface area contributed by atoms with E-state index in [1.807, 2.05) is 0 Å². The summed E-state index contributed by atoms with van der Waals surface area (Å²) in [7, 11) is -0.0427. The average molecular weight is 317 g/mol. The molecular formula is C16H32O4Si. The molecule has 1 heterocycles. The van der Waals surface area contributed by atoms with Gasteiger partial charge in [0.25, 0.3) is 0 Å². The van der Waals surface area contributed by atoms with Crippen LogP contribution in [-0.4, -0.2) is 40.2 Å². The molecule has 0 saturated carbocycles. The van der Waals surface area contributed by atoms with Gasteiger partial charge in [-0.3, -0.25) is 4.79 Å². The van der Waals surface area contributed by atoms with E-state index in [0.29, 0.717) is 12.3 Å². The molecule has 1 saturated heterocycles. The van der Waals surface area contributed by atoms with Gasteiger partial charge in [0.15, 0.2) is 8.32 Å². The second kappa shape index (κ2) is 7.25. The van der Waals surface area contributed by atoms with Crippen LogP contribution >= 0.6 is 0 Å². The summed E-state index contributed by atoms with van der Waals surface area (Å²) < 4.78 is 17.0. The molecule has 0 aromatic carbocycles. The van der Waals surface area contributed by atoms with E-state index in [2.05, 4.69) is 40.8 Å². The van der Waals surface area contributed by atoms with Gasteiger partial charge in [-0.1, -0.05) is 27.7 Å². The highest BCUT2D eigenvalue weighted by Crippen LogP contribution is 2.37. The SMILES string of the molecule is CO[C@H]1CC(=O)O[C@H](C[C@@H](C)CO[Si](C)(C)C(C)(C)C)C1. The Labute approximate surface area is 130 Å². The Hall–Kier alpha value is -0.393. The second-order valence-corrected chi connectivity index (χ2v) is 12.6. The van der Waals surface area contributed by atoms with Gasteiger partial charge in [-0.2, -0.15) is 0 Å². The number of cyclic esters (lactones) is 1. The average Bonchev–Trinajstić information content (AvgIpc) is 2.34. The summed E-state index contributed by atoms with van der Waals surface area (Å²) in [6.07, 6.45) is 1.99. The fraction of sp³-hybridized carbons (Fsp3) is 0.938. The van der Waals surface area contributed by atoms with Crippen molar-refractivity contribution in [2.24, 2.45) is 5.92 Å². The lowest BCUT2D eigenvalue weighted by atomic mass is 9.97. The summed E-state index contributed by atoms with van der Waals surface area (Å²) >= 11 is 0. The van der Waals surface area contributed by atoms with Crippen molar-refractivity contribution >= 4 is 14.3 Å². The fourth-order valence-corrected chi connectivity index (χ4v) is 3.39. The molecule has 1 fully saturated rings. The van der Waals surface area contributed by atoms with Crippen molar-refractivity contribution in [2.45, 2.75) is 77.3 Å². The van der Waals surface area contributed by atoms with E-state index in [4.69, 9.17) is 13.9 Å². The molecule has 0 bridgehead atoms. The standard InChI is InChI=1S/C16H32O4Si/c1-12(11-19-21(6,7)16(2,3)4)8-14-9-13(18-5)10-15(17)20-14/h12-14H,8-11H2,1-7H3/t12-,13-,14-/m1/s1. The van der Waals surface area contributed by atoms with Gasteiger partial charge < -0.3 is 13.9 Å². The lowest BCUT2D eigenvalue weighted by molar-refractivity contribution is -0.162. The molecule has 3 atom stereocenters. The minimum Gasteiger partial charge on any atom is -0.462 e. The summed E-state index contributed by atoms with van der Waals surface area (Å²) in [5.41, 5.74) is 0. The van der Waals surface area contributed by atoms with E-state index >= 15 is 0 Å². The molecule has 0 radical (unpaired) electrons. The zero-order valence-corrected chi connectivity index (χ0v) is 15.7. The zero-order chi connectivity index (χ0) is 16.3. The number of methoxy groups -OCH3 is 1. The monoisotopic (exact) mass is 316 g/mol. The molecule has 1 aliphatic rings. The first-order valence-electron chi connectivity index (χ1n) is 7.91. The predicted octanol–water partition coefficient (Wildman–Crippen LogP) is 3.76. The number of carbonyl (C=O) groups is 1. The number of carbonyl (C=O) groups excluding carboxylic acids is 1. The number of ether oxygens (including phenoxy) is 2. The Kier molecular flexibility index (Phi) is 6.44. The number of esters is 1. The molecule has 1 rings (SSSR count). The van der Waals surface area contributed by atoms with Crippen LogP contribution in [0, 0.1) is 5.92 Å². The van der Waals surface area contributed by atoms with E-state index < -0.39 is 8.32 Å². The lowest BCUT2D eigenvalue weighted by Crippen LogP contribution is -2.42. The van der Waals surface area contributed by atoms with Crippen molar-refractivity contribution in [1.29, 1.82) is 0 Å². The third-order valence-electron chi connectivity index (χ3n) is 4.75. The Balaban J connectivity index is 2.43. The maximum Gasteiger partial charge on any atom is 0.308 e. The van der Waals surface area contributed by atoms with Crippen molar-refractivity contribution in [3.63, 3.8) is 0 Å². The molecule has 0 unspecified atom stereocenters. The van der Waals surface area contributed by atoms with Gasteiger partial charge in [-0.15, -0.1) is 0 Å². The van der Waals surface area contributed by atoms with Crippen molar-refractivity contribution in [3.8, 4) is 0 Å². The van der Waals surface area contributed by atoms with E-state index in [1.165, 1.54) is 0 Å². The molecule has 0 spiro atoms. The first-order valence-corrected chi connectivity index (χ1v) is 10.8. The van der Waals surface area contributed by atoms with E-state index in [1.54, 1.807) is 7.11 Å². The van der Waals surface area contributed by atoms with Crippen molar-refractivity contribution < 1.29 is 18.7 Å². The summed E-state index contributed by atoms with van der Waals surface area (Å²) in [4.78, 5) is 11.5. The second-order valence-electron chi connectivity index (χ2n) is 7.82. The largest absolute Gasteiger partial charge is 0.462 e. The van der Waals surface area contributed by atoms with E-state index in [-0.39, 0.29) is 23.2 Å². The van der Waals surface area contributed by atoms with Gasteiger partial charge in [0, 0.05) is 20.1 Å².